The van der Waals surface area contributed by atoms with Crippen molar-refractivity contribution < 1.29 is 18.8 Å². The Morgan fingerprint density at radius 1 is 1.03 bits per heavy atom. The first-order valence-corrected chi connectivity index (χ1v) is 9.82. The summed E-state index contributed by atoms with van der Waals surface area (Å²) in [5, 5.41) is 7.03. The standard InChI is InChI=1S/C23H26N2O4/c1-4-27-19-12-11-17(15-20(19)28-5-2)13-14-24-23(26)21-16(3)29-25-22(21)18-9-7-6-8-10-18/h6-12,15H,4-5,13-14H2,1-3H3,(H,24,26). The fourth-order valence-electron chi connectivity index (χ4n) is 3.09. The van der Waals surface area contributed by atoms with Crippen LogP contribution >= 0.6 is 0 Å². The summed E-state index contributed by atoms with van der Waals surface area (Å²) in [6.07, 6.45) is 0.670. The Hall–Kier alpha value is -3.28. The van der Waals surface area contributed by atoms with Crippen LogP contribution < -0.4 is 14.8 Å². The maximum absolute atomic E-state index is 12.8. The van der Waals surface area contributed by atoms with E-state index in [1.54, 1.807) is 6.92 Å². The number of ether oxygens (including phenoxy) is 2. The minimum Gasteiger partial charge on any atom is -0.490 e. The Balaban J connectivity index is 1.67. The van der Waals surface area contributed by atoms with Gasteiger partial charge in [0.05, 0.1) is 13.2 Å². The molecule has 1 heterocycles. The van der Waals surface area contributed by atoms with E-state index in [9.17, 15) is 4.79 Å². The molecule has 0 fully saturated rings. The second kappa shape index (κ2) is 9.78. The smallest absolute Gasteiger partial charge is 0.257 e. The summed E-state index contributed by atoms with van der Waals surface area (Å²) >= 11 is 0. The lowest BCUT2D eigenvalue weighted by Crippen LogP contribution is -2.26. The lowest BCUT2D eigenvalue weighted by atomic mass is 10.1. The highest BCUT2D eigenvalue weighted by Gasteiger charge is 2.21. The van der Waals surface area contributed by atoms with E-state index in [0.717, 1.165) is 22.6 Å². The van der Waals surface area contributed by atoms with E-state index in [4.69, 9.17) is 14.0 Å². The summed E-state index contributed by atoms with van der Waals surface area (Å²) in [6, 6.07) is 15.4. The molecule has 1 N–H and O–H groups in total. The number of carbonyl (C=O) groups is 1. The molecule has 29 heavy (non-hydrogen) atoms. The van der Waals surface area contributed by atoms with Gasteiger partial charge in [-0.1, -0.05) is 41.6 Å². The fourth-order valence-corrected chi connectivity index (χ4v) is 3.09. The van der Waals surface area contributed by atoms with E-state index in [0.29, 0.717) is 43.2 Å². The summed E-state index contributed by atoms with van der Waals surface area (Å²) in [5.41, 5.74) is 2.93. The van der Waals surface area contributed by atoms with E-state index in [2.05, 4.69) is 10.5 Å². The van der Waals surface area contributed by atoms with Gasteiger partial charge in [0, 0.05) is 12.1 Å². The molecule has 3 aromatic rings. The number of amides is 1. The molecule has 0 atom stereocenters. The van der Waals surface area contributed by atoms with E-state index in [1.807, 2.05) is 62.4 Å². The van der Waals surface area contributed by atoms with Crippen LogP contribution in [0.4, 0.5) is 0 Å². The molecule has 0 saturated heterocycles. The zero-order chi connectivity index (χ0) is 20.6. The van der Waals surface area contributed by atoms with Crippen LogP contribution in [0.25, 0.3) is 11.3 Å². The molecule has 1 aromatic heterocycles. The lowest BCUT2D eigenvalue weighted by Gasteiger charge is -2.12. The van der Waals surface area contributed by atoms with Crippen LogP contribution in [0.2, 0.25) is 0 Å². The maximum Gasteiger partial charge on any atom is 0.257 e. The molecule has 0 spiro atoms. The lowest BCUT2D eigenvalue weighted by molar-refractivity contribution is 0.0953. The number of hydrogen-bond donors (Lipinski definition) is 1. The van der Waals surface area contributed by atoms with Crippen molar-refractivity contribution in [1.29, 1.82) is 0 Å². The second-order valence-corrected chi connectivity index (χ2v) is 6.48. The Kier molecular flexibility index (Phi) is 6.89. The number of rotatable bonds is 9. The van der Waals surface area contributed by atoms with Crippen molar-refractivity contribution in [2.75, 3.05) is 19.8 Å². The first-order chi connectivity index (χ1) is 14.1. The van der Waals surface area contributed by atoms with E-state index in [-0.39, 0.29) is 5.91 Å². The predicted molar refractivity (Wildman–Crippen MR) is 111 cm³/mol. The van der Waals surface area contributed by atoms with Gasteiger partial charge in [-0.15, -0.1) is 0 Å². The summed E-state index contributed by atoms with van der Waals surface area (Å²) in [7, 11) is 0. The highest BCUT2D eigenvalue weighted by molar-refractivity contribution is 6.00. The van der Waals surface area contributed by atoms with Gasteiger partial charge >= 0.3 is 0 Å². The number of aryl methyl sites for hydroxylation is 1. The second-order valence-electron chi connectivity index (χ2n) is 6.48. The molecule has 2 aromatic carbocycles. The minimum absolute atomic E-state index is 0.196. The predicted octanol–water partition coefficient (Wildman–Crippen LogP) is 4.42. The summed E-state index contributed by atoms with van der Waals surface area (Å²) in [5.74, 6) is 1.76. The van der Waals surface area contributed by atoms with E-state index >= 15 is 0 Å². The molecule has 1 amide bonds. The average molecular weight is 394 g/mol. The molecule has 0 radical (unpaired) electrons. The highest BCUT2D eigenvalue weighted by atomic mass is 16.5. The van der Waals surface area contributed by atoms with Crippen LogP contribution in [0.1, 0.15) is 35.5 Å². The van der Waals surface area contributed by atoms with Gasteiger partial charge in [0.25, 0.3) is 5.91 Å². The van der Waals surface area contributed by atoms with Crippen molar-refractivity contribution >= 4 is 5.91 Å². The topological polar surface area (TPSA) is 73.6 Å². The summed E-state index contributed by atoms with van der Waals surface area (Å²) in [6.45, 7) is 7.25. The van der Waals surface area contributed by atoms with Crippen LogP contribution in [0, 0.1) is 6.92 Å². The van der Waals surface area contributed by atoms with Gasteiger partial charge in [0.2, 0.25) is 0 Å². The SMILES string of the molecule is CCOc1ccc(CCNC(=O)c2c(-c3ccccc3)noc2C)cc1OCC. The van der Waals surface area contributed by atoms with Crippen molar-refractivity contribution in [2.24, 2.45) is 0 Å². The molecule has 0 aliphatic rings. The zero-order valence-electron chi connectivity index (χ0n) is 17.0. The molecular weight excluding hydrogens is 368 g/mol. The van der Waals surface area contributed by atoms with Crippen molar-refractivity contribution in [3.8, 4) is 22.8 Å². The quantitative estimate of drug-likeness (QED) is 0.582. The van der Waals surface area contributed by atoms with Gasteiger partial charge in [-0.2, -0.15) is 0 Å². The van der Waals surface area contributed by atoms with Crippen molar-refractivity contribution in [3.63, 3.8) is 0 Å². The molecule has 0 saturated carbocycles. The maximum atomic E-state index is 12.8. The van der Waals surface area contributed by atoms with Crippen LogP contribution in [-0.4, -0.2) is 30.8 Å². The van der Waals surface area contributed by atoms with Crippen molar-refractivity contribution in [2.45, 2.75) is 27.2 Å². The molecule has 0 aliphatic carbocycles. The van der Waals surface area contributed by atoms with Gasteiger partial charge in [-0.3, -0.25) is 4.79 Å². The van der Waals surface area contributed by atoms with Gasteiger partial charge in [0.1, 0.15) is 17.0 Å². The highest BCUT2D eigenvalue weighted by Crippen LogP contribution is 2.29. The number of benzene rings is 2. The first-order valence-electron chi connectivity index (χ1n) is 9.82. The Morgan fingerprint density at radius 3 is 2.48 bits per heavy atom. The largest absolute Gasteiger partial charge is 0.490 e. The third-order valence-electron chi connectivity index (χ3n) is 4.44. The normalized spacial score (nSPS) is 10.6. The molecule has 3 rings (SSSR count). The zero-order valence-corrected chi connectivity index (χ0v) is 17.0. The molecule has 0 unspecified atom stereocenters. The molecule has 6 nitrogen and oxygen atoms in total. The van der Waals surface area contributed by atoms with Crippen molar-refractivity contribution in [3.05, 3.63) is 65.4 Å². The molecule has 6 heteroatoms. The minimum atomic E-state index is -0.196. The Bertz CT molecular complexity index is 951. The number of hydrogen-bond acceptors (Lipinski definition) is 5. The summed E-state index contributed by atoms with van der Waals surface area (Å²) in [4.78, 5) is 12.8. The third kappa shape index (κ3) is 4.96. The van der Waals surface area contributed by atoms with Gasteiger partial charge < -0.3 is 19.3 Å². The van der Waals surface area contributed by atoms with Crippen LogP contribution in [0.15, 0.2) is 53.1 Å². The fraction of sp³-hybridized carbons (Fsp3) is 0.304. The molecular formula is C23H26N2O4. The number of nitrogens with zero attached hydrogens (tertiary/aromatic N) is 1. The van der Waals surface area contributed by atoms with Crippen LogP contribution in [0.3, 0.4) is 0 Å². The number of nitrogens with one attached hydrogen (secondary N) is 1. The third-order valence-corrected chi connectivity index (χ3v) is 4.44. The van der Waals surface area contributed by atoms with Crippen LogP contribution in [-0.2, 0) is 6.42 Å². The monoisotopic (exact) mass is 394 g/mol. The molecule has 152 valence electrons. The van der Waals surface area contributed by atoms with Gasteiger partial charge in [-0.25, -0.2) is 0 Å². The van der Waals surface area contributed by atoms with Crippen molar-refractivity contribution in [1.82, 2.24) is 10.5 Å². The number of aromatic nitrogens is 1. The van der Waals surface area contributed by atoms with Gasteiger partial charge in [0.15, 0.2) is 11.5 Å². The van der Waals surface area contributed by atoms with E-state index in [1.165, 1.54) is 0 Å². The number of carbonyl (C=O) groups excluding carboxylic acids is 1. The Morgan fingerprint density at radius 2 is 1.76 bits per heavy atom. The van der Waals surface area contributed by atoms with E-state index < -0.39 is 0 Å². The van der Waals surface area contributed by atoms with Gasteiger partial charge in [-0.05, 0) is 44.9 Å². The molecule has 0 aliphatic heterocycles. The molecule has 0 bridgehead atoms. The van der Waals surface area contributed by atoms with Crippen LogP contribution in [0.5, 0.6) is 11.5 Å². The Labute approximate surface area is 170 Å². The summed E-state index contributed by atoms with van der Waals surface area (Å²) < 4.78 is 16.5. The first kappa shape index (κ1) is 20.5. The average Bonchev–Trinajstić information content (AvgIpc) is 3.12.